The van der Waals surface area contributed by atoms with Gasteiger partial charge in [0.1, 0.15) is 9.92 Å². The Bertz CT molecular complexity index is 930. The fourth-order valence-corrected chi connectivity index (χ4v) is 5.52. The highest BCUT2D eigenvalue weighted by Gasteiger charge is 2.56. The van der Waals surface area contributed by atoms with Crippen molar-refractivity contribution < 1.29 is 31.5 Å². The first-order chi connectivity index (χ1) is 13.6. The van der Waals surface area contributed by atoms with Crippen molar-refractivity contribution >= 4 is 50.5 Å². The molecule has 1 aliphatic heterocycles. The third-order valence-electron chi connectivity index (χ3n) is 4.85. The number of sulfone groups is 1. The molecule has 0 saturated carbocycles. The smallest absolute Gasteiger partial charge is 0.426 e. The zero-order chi connectivity index (χ0) is 23.1. The van der Waals surface area contributed by atoms with Gasteiger partial charge in [-0.1, -0.05) is 11.6 Å². The molecule has 2 rings (SSSR count). The van der Waals surface area contributed by atoms with Crippen LogP contribution >= 0.6 is 23.4 Å². The van der Waals surface area contributed by atoms with Gasteiger partial charge in [-0.15, -0.1) is 0 Å². The number of anilines is 1. The number of carbonyl (C=O) groups excluding carboxylic acids is 1. The van der Waals surface area contributed by atoms with Gasteiger partial charge in [0.25, 0.3) is 5.91 Å². The summed E-state index contributed by atoms with van der Waals surface area (Å²) < 4.78 is 63.4. The summed E-state index contributed by atoms with van der Waals surface area (Å²) in [5.74, 6) is -0.949. The van der Waals surface area contributed by atoms with Crippen molar-refractivity contribution in [1.82, 2.24) is 4.65 Å². The van der Waals surface area contributed by atoms with Gasteiger partial charge >= 0.3 is 6.18 Å². The fraction of sp³-hybridized carbons (Fsp3) is 0.588. The van der Waals surface area contributed by atoms with Crippen LogP contribution in [0.4, 0.5) is 24.5 Å². The number of thioether (sulfide) groups is 1. The molecule has 2 N–H and O–H groups in total. The van der Waals surface area contributed by atoms with Gasteiger partial charge in [0, 0.05) is 11.5 Å². The van der Waals surface area contributed by atoms with Gasteiger partial charge in [0.2, 0.25) is 5.60 Å². The first-order valence-corrected chi connectivity index (χ1v) is 12.0. The second-order valence-electron chi connectivity index (χ2n) is 7.34. The van der Waals surface area contributed by atoms with E-state index in [9.17, 15) is 36.7 Å². The second kappa shape index (κ2) is 8.47. The van der Waals surface area contributed by atoms with E-state index >= 15 is 0 Å². The van der Waals surface area contributed by atoms with Gasteiger partial charge in [-0.3, -0.25) is 4.79 Å². The van der Waals surface area contributed by atoms with Crippen molar-refractivity contribution in [1.29, 1.82) is 0 Å². The number of hydroxylamine groups is 2. The van der Waals surface area contributed by atoms with Crippen LogP contribution in [0.2, 0.25) is 5.02 Å². The minimum Gasteiger partial charge on any atom is -0.627 e. The van der Waals surface area contributed by atoms with Crippen molar-refractivity contribution in [2.75, 3.05) is 29.9 Å². The van der Waals surface area contributed by atoms with E-state index in [2.05, 4.69) is 0 Å². The summed E-state index contributed by atoms with van der Waals surface area (Å²) in [7, 11) is -3.96. The van der Waals surface area contributed by atoms with Crippen LogP contribution in [0.25, 0.3) is 0 Å². The Labute approximate surface area is 181 Å². The van der Waals surface area contributed by atoms with Crippen molar-refractivity contribution in [3.63, 3.8) is 0 Å². The Morgan fingerprint density at radius 2 is 1.83 bits per heavy atom. The lowest BCUT2D eigenvalue weighted by Gasteiger charge is -2.45. The number of nitrogens with zero attached hydrogens (tertiary/aromatic N) is 1. The highest BCUT2D eigenvalue weighted by molar-refractivity contribution is 7.99. The first-order valence-electron chi connectivity index (χ1n) is 8.89. The summed E-state index contributed by atoms with van der Waals surface area (Å²) in [4.78, 5) is 11.7. The van der Waals surface area contributed by atoms with Crippen molar-refractivity contribution in [2.24, 2.45) is 0 Å². The predicted molar refractivity (Wildman–Crippen MR) is 111 cm³/mol. The van der Waals surface area contributed by atoms with Crippen LogP contribution in [0.3, 0.4) is 0 Å². The molecule has 30 heavy (non-hydrogen) atoms. The molecule has 1 heterocycles. The molecule has 0 aromatic heterocycles. The third kappa shape index (κ3) is 4.58. The number of benzene rings is 1. The molecule has 1 fully saturated rings. The Morgan fingerprint density at radius 3 is 2.30 bits per heavy atom. The molecule has 1 amide bonds. The fourth-order valence-electron chi connectivity index (χ4n) is 2.74. The van der Waals surface area contributed by atoms with Gasteiger partial charge in [-0.25, -0.2) is 8.42 Å². The zero-order valence-corrected chi connectivity index (χ0v) is 18.8. The molecule has 7 nitrogen and oxygen atoms in total. The van der Waals surface area contributed by atoms with E-state index in [1.165, 1.54) is 25.6 Å². The number of quaternary nitrogens is 1. The van der Waals surface area contributed by atoms with Crippen LogP contribution in [0.5, 0.6) is 0 Å². The van der Waals surface area contributed by atoms with Crippen molar-refractivity contribution in [3.8, 4) is 0 Å². The van der Waals surface area contributed by atoms with E-state index in [-0.39, 0.29) is 30.6 Å². The summed E-state index contributed by atoms with van der Waals surface area (Å²) >= 11 is 7.79. The molecule has 13 heteroatoms. The van der Waals surface area contributed by atoms with E-state index in [0.717, 1.165) is 12.1 Å². The minimum absolute atomic E-state index is 0.00265. The molecule has 1 aromatic rings. The summed E-state index contributed by atoms with van der Waals surface area (Å²) in [5.41, 5.74) is -4.43. The highest BCUT2D eigenvalue weighted by Crippen LogP contribution is 2.44. The average molecular weight is 491 g/mol. The van der Waals surface area contributed by atoms with Crippen LogP contribution < -0.4 is 9.96 Å². The van der Waals surface area contributed by atoms with Gasteiger partial charge in [-0.2, -0.15) is 24.9 Å². The maximum Gasteiger partial charge on any atom is 0.426 e. The predicted octanol–water partition coefficient (Wildman–Crippen LogP) is 3.33. The second-order valence-corrected chi connectivity index (χ2v) is 11.4. The number of halogens is 4. The van der Waals surface area contributed by atoms with Gasteiger partial charge in [0.05, 0.1) is 24.0 Å². The van der Waals surface area contributed by atoms with E-state index in [1.54, 1.807) is 0 Å². The highest BCUT2D eigenvalue weighted by atomic mass is 35.5. The lowest BCUT2D eigenvalue weighted by atomic mass is 10.1. The number of rotatable bonds is 5. The average Bonchev–Trinajstić information content (AvgIpc) is 2.62. The van der Waals surface area contributed by atoms with Crippen LogP contribution in [0, 0.1) is 5.21 Å². The number of carbonyl (C=O) groups is 1. The molecule has 1 aromatic carbocycles. The van der Waals surface area contributed by atoms with Crippen LogP contribution in [-0.2, 0) is 14.6 Å². The van der Waals surface area contributed by atoms with Gasteiger partial charge in [-0.05, 0) is 32.9 Å². The van der Waals surface area contributed by atoms with Crippen molar-refractivity contribution in [2.45, 2.75) is 42.7 Å². The Kier molecular flexibility index (Phi) is 7.12. The molecule has 0 radical (unpaired) electrons. The number of hydrogen-bond acceptors (Lipinski definition) is 6. The molecular weight excluding hydrogens is 469 g/mol. The zero-order valence-electron chi connectivity index (χ0n) is 16.4. The van der Waals surface area contributed by atoms with E-state index < -0.39 is 48.1 Å². The largest absolute Gasteiger partial charge is 0.627 e. The minimum atomic E-state index is -5.26. The quantitative estimate of drug-likeness (QED) is 0.484. The first kappa shape index (κ1) is 25.2. The Morgan fingerprint density at radius 1 is 1.30 bits per heavy atom. The SMILES string of the molecule is CC(C)S(=O)(=O)c1ccc(NC(=O)C(C)(O)C(F)(F)F)c(Cl)c1[N+]1([O-])CCSCC1. The molecular formula is C17H22ClF3N2O5S2. The standard InChI is InChI=1S/C17H22ClF3N2O5S2/c1-10(2)30(27,28)12-5-4-11(22-15(24)16(3,25)17(19,20)21)13(18)14(12)23(26)6-8-29-9-7-23/h4-5,10,25H,6-9H2,1-3H3,(H,22,24). The Balaban J connectivity index is 2.64. The van der Waals surface area contributed by atoms with Crippen LogP contribution in [-0.4, -0.2) is 61.1 Å². The molecule has 1 atom stereocenters. The molecule has 1 unspecified atom stereocenters. The summed E-state index contributed by atoms with van der Waals surface area (Å²) in [5, 5.41) is 23.5. The van der Waals surface area contributed by atoms with Crippen LogP contribution in [0.1, 0.15) is 20.8 Å². The lowest BCUT2D eigenvalue weighted by molar-refractivity contribution is -0.242. The number of amides is 1. The molecule has 170 valence electrons. The third-order valence-corrected chi connectivity index (χ3v) is 8.36. The lowest BCUT2D eigenvalue weighted by Crippen LogP contribution is -2.52. The molecule has 0 spiro atoms. The monoisotopic (exact) mass is 490 g/mol. The number of nitrogens with one attached hydrogen (secondary N) is 1. The number of aliphatic hydroxyl groups is 1. The molecule has 0 bridgehead atoms. The number of hydrogen-bond donors (Lipinski definition) is 2. The molecule has 1 saturated heterocycles. The summed E-state index contributed by atoms with van der Waals surface area (Å²) in [6.07, 6.45) is -5.26. The van der Waals surface area contributed by atoms with Crippen LogP contribution in [0.15, 0.2) is 17.0 Å². The van der Waals surface area contributed by atoms with E-state index in [4.69, 9.17) is 11.6 Å². The summed E-state index contributed by atoms with van der Waals surface area (Å²) in [6, 6.07) is 2.06. The van der Waals surface area contributed by atoms with Gasteiger partial charge in [0.15, 0.2) is 15.5 Å². The Hall–Kier alpha value is -1.05. The maximum absolute atomic E-state index is 13.5. The van der Waals surface area contributed by atoms with E-state index in [0.29, 0.717) is 11.5 Å². The van der Waals surface area contributed by atoms with Gasteiger partial charge < -0.3 is 20.3 Å². The molecule has 1 aliphatic rings. The van der Waals surface area contributed by atoms with E-state index in [1.807, 2.05) is 5.32 Å². The maximum atomic E-state index is 13.5. The summed E-state index contributed by atoms with van der Waals surface area (Å²) in [6.45, 7) is 3.12. The number of alkyl halides is 3. The van der Waals surface area contributed by atoms with Crippen molar-refractivity contribution in [3.05, 3.63) is 22.4 Å². The topological polar surface area (TPSA) is 107 Å². The molecule has 0 aliphatic carbocycles. The normalized spacial score (nSPS) is 19.4.